The van der Waals surface area contributed by atoms with Gasteiger partial charge in [-0.25, -0.2) is 5.48 Å². The maximum atomic E-state index is 11.4. The number of benzene rings is 1. The molecule has 1 heterocycles. The average molecular weight is 377 g/mol. The summed E-state index contributed by atoms with van der Waals surface area (Å²) in [6.07, 6.45) is 12.6. The van der Waals surface area contributed by atoms with E-state index < -0.39 is 0 Å². The van der Waals surface area contributed by atoms with E-state index in [1.165, 1.54) is 11.1 Å². The second-order valence-corrected chi connectivity index (χ2v) is 6.85. The van der Waals surface area contributed by atoms with E-state index in [4.69, 9.17) is 5.21 Å². The lowest BCUT2D eigenvalue weighted by Crippen LogP contribution is -2.25. The minimum atomic E-state index is -0.351. The van der Waals surface area contributed by atoms with Crippen molar-refractivity contribution < 1.29 is 10.0 Å². The number of rotatable bonds is 4. The molecule has 1 aromatic heterocycles. The molecule has 0 aliphatic heterocycles. The monoisotopic (exact) mass is 377 g/mol. The Balaban J connectivity index is 0.000000266. The molecule has 2 N–H and O–H groups in total. The van der Waals surface area contributed by atoms with E-state index in [1.807, 2.05) is 30.4 Å². The van der Waals surface area contributed by atoms with Gasteiger partial charge in [-0.1, -0.05) is 48.1 Å². The van der Waals surface area contributed by atoms with Crippen LogP contribution in [0.4, 0.5) is 0 Å². The molecule has 1 amide bonds. The number of nitrogens with one attached hydrogen (secondary N) is 1. The van der Waals surface area contributed by atoms with E-state index in [-0.39, 0.29) is 11.8 Å². The van der Waals surface area contributed by atoms with Gasteiger partial charge in [-0.2, -0.15) is 0 Å². The van der Waals surface area contributed by atoms with Crippen LogP contribution < -0.4 is 5.48 Å². The highest BCUT2D eigenvalue weighted by Gasteiger charge is 2.23. The van der Waals surface area contributed by atoms with Crippen LogP contribution >= 0.6 is 0 Å². The summed E-state index contributed by atoms with van der Waals surface area (Å²) < 4.78 is 0. The molecule has 0 fully saturated rings. The Morgan fingerprint density at radius 1 is 1.21 bits per heavy atom. The van der Waals surface area contributed by atoms with E-state index in [9.17, 15) is 4.79 Å². The van der Waals surface area contributed by atoms with Gasteiger partial charge in [-0.3, -0.25) is 20.0 Å². The lowest BCUT2D eigenvalue weighted by atomic mass is 10.0. The number of amides is 1. The van der Waals surface area contributed by atoms with Gasteiger partial charge < -0.3 is 0 Å². The quantitative estimate of drug-likeness (QED) is 0.446. The lowest BCUT2D eigenvalue weighted by Gasteiger charge is -2.03. The Labute approximate surface area is 166 Å². The Hall–Kier alpha value is -3.05. The van der Waals surface area contributed by atoms with Gasteiger partial charge in [0.1, 0.15) is 0 Å². The zero-order valence-electron chi connectivity index (χ0n) is 16.6. The smallest absolute Gasteiger partial charge is 0.250 e. The van der Waals surface area contributed by atoms with Crippen molar-refractivity contribution in [2.45, 2.75) is 33.6 Å². The summed E-state index contributed by atoms with van der Waals surface area (Å²) in [5.41, 5.74) is 8.24. The molecule has 5 heteroatoms. The number of aromatic nitrogens is 2. The van der Waals surface area contributed by atoms with Crippen LogP contribution in [0.1, 0.15) is 39.2 Å². The van der Waals surface area contributed by atoms with Crippen LogP contribution in [0.2, 0.25) is 0 Å². The van der Waals surface area contributed by atoms with Crippen LogP contribution in [-0.2, 0) is 4.79 Å². The fourth-order valence-corrected chi connectivity index (χ4v) is 2.79. The predicted molar refractivity (Wildman–Crippen MR) is 114 cm³/mol. The van der Waals surface area contributed by atoms with Crippen molar-refractivity contribution in [3.8, 4) is 0 Å². The highest BCUT2D eigenvalue weighted by atomic mass is 16.5. The SMILES string of the molecule is C=C/C=C\C(C)=C(C)C.O=C(NO)C1C=C(c2ccc3nccnc3c2)CC1. The molecular weight excluding hydrogens is 350 g/mol. The minimum Gasteiger partial charge on any atom is -0.289 e. The van der Waals surface area contributed by atoms with Crippen LogP contribution in [0.3, 0.4) is 0 Å². The first-order chi connectivity index (χ1) is 13.5. The van der Waals surface area contributed by atoms with Crippen molar-refractivity contribution in [1.29, 1.82) is 0 Å². The summed E-state index contributed by atoms with van der Waals surface area (Å²) in [5, 5.41) is 8.65. The van der Waals surface area contributed by atoms with Crippen molar-refractivity contribution in [2.75, 3.05) is 0 Å². The number of fused-ring (bicyclic) bond motifs is 1. The van der Waals surface area contributed by atoms with Gasteiger partial charge in [0.05, 0.1) is 17.0 Å². The molecule has 0 saturated heterocycles. The Morgan fingerprint density at radius 2 is 1.93 bits per heavy atom. The second-order valence-electron chi connectivity index (χ2n) is 6.85. The van der Waals surface area contributed by atoms with Gasteiger partial charge >= 0.3 is 0 Å². The van der Waals surface area contributed by atoms with E-state index in [1.54, 1.807) is 23.9 Å². The molecule has 1 unspecified atom stereocenters. The molecule has 1 aliphatic rings. The summed E-state index contributed by atoms with van der Waals surface area (Å²) in [6.45, 7) is 9.88. The number of carbonyl (C=O) groups is 1. The first kappa shape index (κ1) is 21.3. The van der Waals surface area contributed by atoms with Crippen molar-refractivity contribution in [3.05, 3.63) is 78.2 Å². The molecule has 1 aliphatic carbocycles. The van der Waals surface area contributed by atoms with Gasteiger partial charge in [0, 0.05) is 12.4 Å². The summed E-state index contributed by atoms with van der Waals surface area (Å²) >= 11 is 0. The van der Waals surface area contributed by atoms with E-state index >= 15 is 0 Å². The third-order valence-electron chi connectivity index (χ3n) is 4.69. The minimum absolute atomic E-state index is 0.252. The first-order valence-electron chi connectivity index (χ1n) is 9.25. The molecule has 0 radical (unpaired) electrons. The van der Waals surface area contributed by atoms with Gasteiger partial charge in [0.2, 0.25) is 5.91 Å². The van der Waals surface area contributed by atoms with Gasteiger partial charge in [0.15, 0.2) is 0 Å². The molecule has 2 aromatic rings. The first-order valence-corrected chi connectivity index (χ1v) is 9.25. The van der Waals surface area contributed by atoms with Crippen molar-refractivity contribution in [1.82, 2.24) is 15.4 Å². The number of hydrogen-bond acceptors (Lipinski definition) is 4. The van der Waals surface area contributed by atoms with E-state index in [2.05, 4.69) is 43.4 Å². The molecule has 0 bridgehead atoms. The molecule has 1 aromatic carbocycles. The van der Waals surface area contributed by atoms with E-state index in [0.717, 1.165) is 35.0 Å². The predicted octanol–water partition coefficient (Wildman–Crippen LogP) is 5.01. The second kappa shape index (κ2) is 10.3. The van der Waals surface area contributed by atoms with Crippen molar-refractivity contribution in [2.24, 2.45) is 5.92 Å². The topological polar surface area (TPSA) is 75.1 Å². The normalized spacial score (nSPS) is 15.6. The average Bonchev–Trinajstić information content (AvgIpc) is 3.21. The summed E-state index contributed by atoms with van der Waals surface area (Å²) in [6, 6.07) is 5.90. The molecule has 1 atom stereocenters. The molecule has 28 heavy (non-hydrogen) atoms. The van der Waals surface area contributed by atoms with Crippen LogP contribution in [0.25, 0.3) is 16.6 Å². The van der Waals surface area contributed by atoms with Crippen molar-refractivity contribution in [3.63, 3.8) is 0 Å². The Kier molecular flexibility index (Phi) is 7.84. The third-order valence-corrected chi connectivity index (χ3v) is 4.69. The van der Waals surface area contributed by atoms with Crippen LogP contribution in [-0.4, -0.2) is 21.1 Å². The van der Waals surface area contributed by atoms with Crippen LogP contribution in [0, 0.1) is 5.92 Å². The standard InChI is InChI=1S/C14H13N3O2.C9H14/c18-14(17-19)11-2-1-9(7-11)10-3-4-12-13(8-10)16-6-5-15-12;1-5-6-7-9(4)8(2)3/h3-8,11,19H,1-2H2,(H,17,18);5-7H,1H2,2-4H3/b;7-6-. The highest BCUT2D eigenvalue weighted by Crippen LogP contribution is 2.32. The number of carbonyl (C=O) groups excluding carboxylic acids is 1. The molecule has 5 nitrogen and oxygen atoms in total. The largest absolute Gasteiger partial charge is 0.289 e. The number of hydrogen-bond donors (Lipinski definition) is 2. The van der Waals surface area contributed by atoms with Crippen molar-refractivity contribution >= 4 is 22.5 Å². The molecule has 0 saturated carbocycles. The summed E-state index contributed by atoms with van der Waals surface area (Å²) in [7, 11) is 0. The zero-order chi connectivity index (χ0) is 20.5. The maximum absolute atomic E-state index is 11.4. The zero-order valence-corrected chi connectivity index (χ0v) is 16.6. The van der Waals surface area contributed by atoms with Gasteiger partial charge in [0.25, 0.3) is 0 Å². The fourth-order valence-electron chi connectivity index (χ4n) is 2.79. The maximum Gasteiger partial charge on any atom is 0.250 e. The lowest BCUT2D eigenvalue weighted by molar-refractivity contribution is -0.131. The van der Waals surface area contributed by atoms with Gasteiger partial charge in [-0.15, -0.1) is 0 Å². The molecule has 146 valence electrons. The third kappa shape index (κ3) is 5.72. The Bertz CT molecular complexity index is 938. The Morgan fingerprint density at radius 3 is 2.57 bits per heavy atom. The highest BCUT2D eigenvalue weighted by molar-refractivity contribution is 5.86. The van der Waals surface area contributed by atoms with Crippen LogP contribution in [0.15, 0.2) is 72.6 Å². The summed E-state index contributed by atoms with van der Waals surface area (Å²) in [4.78, 5) is 19.9. The summed E-state index contributed by atoms with van der Waals surface area (Å²) in [5.74, 6) is -0.604. The molecular formula is C23H27N3O2. The van der Waals surface area contributed by atoms with Gasteiger partial charge in [-0.05, 0) is 56.9 Å². The molecule has 3 rings (SSSR count). The number of nitrogens with zero attached hydrogens (tertiary/aromatic N) is 2. The fraction of sp³-hybridized carbons (Fsp3) is 0.261. The molecule has 0 spiro atoms. The number of hydroxylamine groups is 1. The van der Waals surface area contributed by atoms with Crippen LogP contribution in [0.5, 0.6) is 0 Å². The number of allylic oxidation sites excluding steroid dienone is 6. The van der Waals surface area contributed by atoms with E-state index in [0.29, 0.717) is 0 Å².